The first-order chi connectivity index (χ1) is 12.8. The Balaban J connectivity index is 1.39. The molecule has 0 radical (unpaired) electrons. The normalized spacial score (nSPS) is 19.5. The molecule has 0 bridgehead atoms. The first kappa shape index (κ1) is 18.4. The van der Waals surface area contributed by atoms with Crippen molar-refractivity contribution in [3.63, 3.8) is 0 Å². The SMILES string of the molecule is Cc1nc(S(=O)(=O)N2CCC(Cn3cnc(C4CC4)cc3=O)CC2)cn1C. The summed E-state index contributed by atoms with van der Waals surface area (Å²) >= 11 is 0. The van der Waals surface area contributed by atoms with Gasteiger partial charge in [0.15, 0.2) is 5.03 Å². The van der Waals surface area contributed by atoms with Gasteiger partial charge >= 0.3 is 0 Å². The maximum Gasteiger partial charge on any atom is 0.262 e. The van der Waals surface area contributed by atoms with E-state index in [0.717, 1.165) is 31.4 Å². The summed E-state index contributed by atoms with van der Waals surface area (Å²) in [6.45, 7) is 3.27. The van der Waals surface area contributed by atoms with Crippen LogP contribution in [0.5, 0.6) is 0 Å². The molecule has 9 heteroatoms. The lowest BCUT2D eigenvalue weighted by Gasteiger charge is -2.30. The van der Waals surface area contributed by atoms with E-state index in [9.17, 15) is 13.2 Å². The first-order valence-corrected chi connectivity index (χ1v) is 10.8. The highest BCUT2D eigenvalue weighted by molar-refractivity contribution is 7.89. The van der Waals surface area contributed by atoms with Gasteiger partial charge in [0.05, 0.1) is 12.0 Å². The van der Waals surface area contributed by atoms with Crippen LogP contribution in [-0.4, -0.2) is 44.9 Å². The highest BCUT2D eigenvalue weighted by Crippen LogP contribution is 2.38. The van der Waals surface area contributed by atoms with Crippen molar-refractivity contribution in [2.45, 2.75) is 50.1 Å². The summed E-state index contributed by atoms with van der Waals surface area (Å²) in [5.74, 6) is 1.41. The molecule has 0 unspecified atom stereocenters. The van der Waals surface area contributed by atoms with Crippen molar-refractivity contribution in [2.24, 2.45) is 13.0 Å². The van der Waals surface area contributed by atoms with E-state index in [2.05, 4.69) is 9.97 Å². The van der Waals surface area contributed by atoms with E-state index >= 15 is 0 Å². The molecule has 0 aromatic carbocycles. The molecule has 27 heavy (non-hydrogen) atoms. The lowest BCUT2D eigenvalue weighted by atomic mass is 9.98. The van der Waals surface area contributed by atoms with Gasteiger partial charge in [-0.15, -0.1) is 0 Å². The molecule has 8 nitrogen and oxygen atoms in total. The molecule has 3 heterocycles. The van der Waals surface area contributed by atoms with Crippen LogP contribution in [0.15, 0.2) is 28.4 Å². The van der Waals surface area contributed by atoms with Crippen LogP contribution in [0.3, 0.4) is 0 Å². The topological polar surface area (TPSA) is 90.1 Å². The van der Waals surface area contributed by atoms with E-state index < -0.39 is 10.0 Å². The molecule has 2 aromatic heterocycles. The minimum atomic E-state index is -3.56. The Hall–Kier alpha value is -2.00. The van der Waals surface area contributed by atoms with Gasteiger partial charge in [0.25, 0.3) is 15.6 Å². The average Bonchev–Trinajstić information content (AvgIpc) is 3.43. The van der Waals surface area contributed by atoms with Gasteiger partial charge in [0, 0.05) is 44.9 Å². The molecule has 0 atom stereocenters. The van der Waals surface area contributed by atoms with Gasteiger partial charge < -0.3 is 4.57 Å². The Kier molecular flexibility index (Phi) is 4.67. The maximum absolute atomic E-state index is 12.8. The summed E-state index contributed by atoms with van der Waals surface area (Å²) in [5.41, 5.74) is 0.897. The highest BCUT2D eigenvalue weighted by atomic mass is 32.2. The van der Waals surface area contributed by atoms with Crippen LogP contribution in [-0.2, 0) is 23.6 Å². The van der Waals surface area contributed by atoms with Gasteiger partial charge in [-0.25, -0.2) is 18.4 Å². The van der Waals surface area contributed by atoms with Crippen molar-refractivity contribution < 1.29 is 8.42 Å². The van der Waals surface area contributed by atoms with Gasteiger partial charge in [-0.3, -0.25) is 9.36 Å². The van der Waals surface area contributed by atoms with E-state index in [1.54, 1.807) is 41.7 Å². The van der Waals surface area contributed by atoms with Crippen molar-refractivity contribution >= 4 is 10.0 Å². The van der Waals surface area contributed by atoms with Gasteiger partial charge in [-0.05, 0) is 38.5 Å². The second kappa shape index (κ2) is 6.87. The predicted octanol–water partition coefficient (Wildman–Crippen LogP) is 1.26. The number of rotatable bonds is 5. The molecule has 0 N–H and O–H groups in total. The summed E-state index contributed by atoms with van der Waals surface area (Å²) in [7, 11) is -1.77. The minimum Gasteiger partial charge on any atom is -0.337 e. The van der Waals surface area contributed by atoms with Crippen molar-refractivity contribution in [2.75, 3.05) is 13.1 Å². The van der Waals surface area contributed by atoms with Crippen molar-refractivity contribution in [3.05, 3.63) is 40.5 Å². The van der Waals surface area contributed by atoms with Gasteiger partial charge in [0.2, 0.25) is 0 Å². The van der Waals surface area contributed by atoms with E-state index in [1.807, 2.05) is 0 Å². The molecular formula is C18H25N5O3S. The number of sulfonamides is 1. The number of hydrogen-bond acceptors (Lipinski definition) is 5. The number of hydrogen-bond donors (Lipinski definition) is 0. The number of aryl methyl sites for hydroxylation is 2. The van der Waals surface area contributed by atoms with E-state index in [1.165, 1.54) is 4.31 Å². The quantitative estimate of drug-likeness (QED) is 0.765. The van der Waals surface area contributed by atoms with Crippen LogP contribution in [0.25, 0.3) is 0 Å². The third kappa shape index (κ3) is 3.70. The highest BCUT2D eigenvalue weighted by Gasteiger charge is 2.31. The lowest BCUT2D eigenvalue weighted by Crippen LogP contribution is -2.40. The molecular weight excluding hydrogens is 366 g/mol. The largest absolute Gasteiger partial charge is 0.337 e. The van der Waals surface area contributed by atoms with E-state index in [4.69, 9.17) is 0 Å². The van der Waals surface area contributed by atoms with Crippen molar-refractivity contribution in [3.8, 4) is 0 Å². The molecule has 4 rings (SSSR count). The molecule has 0 spiro atoms. The molecule has 2 aromatic rings. The fourth-order valence-electron chi connectivity index (χ4n) is 3.57. The second-order valence-electron chi connectivity index (χ2n) is 7.66. The second-order valence-corrected chi connectivity index (χ2v) is 9.55. The summed E-state index contributed by atoms with van der Waals surface area (Å²) in [5, 5.41) is 0.108. The van der Waals surface area contributed by atoms with Crippen LogP contribution >= 0.6 is 0 Å². The first-order valence-electron chi connectivity index (χ1n) is 9.41. The van der Waals surface area contributed by atoms with Gasteiger partial charge in [0.1, 0.15) is 5.82 Å². The number of piperidine rings is 1. The van der Waals surface area contributed by atoms with E-state index in [0.29, 0.717) is 31.4 Å². The zero-order chi connectivity index (χ0) is 19.2. The summed E-state index contributed by atoms with van der Waals surface area (Å²) in [6, 6.07) is 1.65. The standard InChI is InChI=1S/C18H25N5O3S/c1-13-20-17(11-21(13)2)27(25,26)23-7-5-14(6-8-23)10-22-12-19-16(9-18(22)24)15-3-4-15/h9,11-12,14-15H,3-8,10H2,1-2H3. The summed E-state index contributed by atoms with van der Waals surface area (Å²) < 4.78 is 30.4. The van der Waals surface area contributed by atoms with E-state index in [-0.39, 0.29) is 16.5 Å². The average molecular weight is 391 g/mol. The molecule has 1 saturated heterocycles. The van der Waals surface area contributed by atoms with Crippen LogP contribution in [0.4, 0.5) is 0 Å². The van der Waals surface area contributed by atoms with Crippen LogP contribution in [0, 0.1) is 12.8 Å². The molecule has 1 saturated carbocycles. The van der Waals surface area contributed by atoms with Crippen molar-refractivity contribution in [1.29, 1.82) is 0 Å². The monoisotopic (exact) mass is 391 g/mol. The molecule has 0 amide bonds. The molecule has 146 valence electrons. The fraction of sp³-hybridized carbons (Fsp3) is 0.611. The lowest BCUT2D eigenvalue weighted by molar-refractivity contribution is 0.250. The maximum atomic E-state index is 12.8. The number of imidazole rings is 1. The minimum absolute atomic E-state index is 0.00841. The van der Waals surface area contributed by atoms with Crippen LogP contribution < -0.4 is 5.56 Å². The Morgan fingerprint density at radius 2 is 1.89 bits per heavy atom. The smallest absolute Gasteiger partial charge is 0.262 e. The Labute approximate surface area is 158 Å². The van der Waals surface area contributed by atoms with Crippen LogP contribution in [0.1, 0.15) is 43.1 Å². The molecule has 2 aliphatic rings. The Morgan fingerprint density at radius 3 is 2.44 bits per heavy atom. The third-order valence-corrected chi connectivity index (χ3v) is 7.39. The fourth-order valence-corrected chi connectivity index (χ4v) is 5.07. The zero-order valence-electron chi connectivity index (χ0n) is 15.7. The van der Waals surface area contributed by atoms with Gasteiger partial charge in [-0.2, -0.15) is 4.31 Å². The number of aromatic nitrogens is 4. The number of nitrogens with zero attached hydrogens (tertiary/aromatic N) is 5. The Morgan fingerprint density at radius 1 is 1.19 bits per heavy atom. The summed E-state index contributed by atoms with van der Waals surface area (Å²) in [4.78, 5) is 20.9. The zero-order valence-corrected chi connectivity index (χ0v) is 16.5. The Bertz CT molecular complexity index is 979. The van der Waals surface area contributed by atoms with Crippen molar-refractivity contribution in [1.82, 2.24) is 23.4 Å². The molecule has 2 fully saturated rings. The predicted molar refractivity (Wildman–Crippen MR) is 99.9 cm³/mol. The third-order valence-electron chi connectivity index (χ3n) is 5.62. The van der Waals surface area contributed by atoms with Gasteiger partial charge in [-0.1, -0.05) is 0 Å². The molecule has 1 aliphatic heterocycles. The van der Waals surface area contributed by atoms with Crippen LogP contribution in [0.2, 0.25) is 0 Å². The summed E-state index contributed by atoms with van der Waals surface area (Å²) in [6.07, 6.45) is 6.90. The molecule has 1 aliphatic carbocycles.